The predicted octanol–water partition coefficient (Wildman–Crippen LogP) is 1.54. The number of nitrogens with zero attached hydrogens (tertiary/aromatic N) is 2. The van der Waals surface area contributed by atoms with Gasteiger partial charge < -0.3 is 10.2 Å². The minimum absolute atomic E-state index is 0.636. The van der Waals surface area contributed by atoms with Gasteiger partial charge in [-0.05, 0) is 52.7 Å². The van der Waals surface area contributed by atoms with Gasteiger partial charge >= 0.3 is 0 Å². The molecule has 2 rings (SSSR count). The minimum Gasteiger partial charge on any atom is -0.313 e. The molecule has 2 saturated heterocycles. The van der Waals surface area contributed by atoms with Crippen molar-refractivity contribution in [3.05, 3.63) is 0 Å². The zero-order valence-corrected chi connectivity index (χ0v) is 11.8. The lowest BCUT2D eigenvalue weighted by Crippen LogP contribution is -2.43. The van der Waals surface area contributed by atoms with E-state index in [1.54, 1.807) is 0 Å². The van der Waals surface area contributed by atoms with Gasteiger partial charge in [0.15, 0.2) is 0 Å². The number of likely N-dealkylation sites (tertiary alicyclic amines) is 1. The molecule has 0 aromatic heterocycles. The van der Waals surface area contributed by atoms with E-state index in [-0.39, 0.29) is 0 Å². The molecule has 2 fully saturated rings. The van der Waals surface area contributed by atoms with Crippen molar-refractivity contribution in [1.82, 2.24) is 15.1 Å². The Labute approximate surface area is 107 Å². The molecule has 100 valence electrons. The third-order valence-electron chi connectivity index (χ3n) is 4.51. The molecule has 1 N–H and O–H groups in total. The van der Waals surface area contributed by atoms with E-state index in [4.69, 9.17) is 0 Å². The second kappa shape index (κ2) is 6.17. The Hall–Kier alpha value is -0.120. The van der Waals surface area contributed by atoms with Gasteiger partial charge in [-0.15, -0.1) is 0 Å². The van der Waals surface area contributed by atoms with Crippen molar-refractivity contribution in [2.24, 2.45) is 0 Å². The summed E-state index contributed by atoms with van der Waals surface area (Å²) in [6.45, 7) is 9.51. The Kier molecular flexibility index (Phi) is 4.83. The Morgan fingerprint density at radius 2 is 2.00 bits per heavy atom. The van der Waals surface area contributed by atoms with Crippen molar-refractivity contribution in [3.63, 3.8) is 0 Å². The van der Waals surface area contributed by atoms with Crippen LogP contribution in [0.4, 0.5) is 0 Å². The van der Waals surface area contributed by atoms with Gasteiger partial charge in [-0.3, -0.25) is 4.90 Å². The Balaban J connectivity index is 1.78. The third kappa shape index (κ3) is 3.43. The zero-order valence-electron chi connectivity index (χ0n) is 11.8. The molecule has 2 heterocycles. The number of hydrogen-bond acceptors (Lipinski definition) is 3. The molecule has 0 spiro atoms. The van der Waals surface area contributed by atoms with Crippen LogP contribution in [0.1, 0.15) is 39.5 Å². The summed E-state index contributed by atoms with van der Waals surface area (Å²) in [7, 11) is 2.32. The van der Waals surface area contributed by atoms with Crippen molar-refractivity contribution in [2.75, 3.05) is 33.2 Å². The van der Waals surface area contributed by atoms with Crippen molar-refractivity contribution >= 4 is 0 Å². The minimum atomic E-state index is 0.636. The van der Waals surface area contributed by atoms with E-state index in [0.29, 0.717) is 6.04 Å². The maximum Gasteiger partial charge on any atom is 0.0223 e. The first-order chi connectivity index (χ1) is 8.20. The number of rotatable bonds is 5. The first kappa shape index (κ1) is 13.3. The summed E-state index contributed by atoms with van der Waals surface area (Å²) in [6.07, 6.45) is 5.44. The molecule has 17 heavy (non-hydrogen) atoms. The van der Waals surface area contributed by atoms with Crippen molar-refractivity contribution in [3.8, 4) is 0 Å². The van der Waals surface area contributed by atoms with Gasteiger partial charge in [0.2, 0.25) is 0 Å². The first-order valence-corrected chi connectivity index (χ1v) is 7.38. The molecule has 0 amide bonds. The van der Waals surface area contributed by atoms with Crippen LogP contribution >= 0.6 is 0 Å². The standard InChI is InChI=1S/C14H29N3/c1-4-8-15-12(2)10-17-9-7-13-5-6-14(11-17)16(13)3/h12-15H,4-11H2,1-3H3. The van der Waals surface area contributed by atoms with Crippen LogP contribution in [0, 0.1) is 0 Å². The van der Waals surface area contributed by atoms with Crippen molar-refractivity contribution < 1.29 is 0 Å². The highest BCUT2D eigenvalue weighted by Crippen LogP contribution is 2.28. The third-order valence-corrected chi connectivity index (χ3v) is 4.51. The number of hydrogen-bond donors (Lipinski definition) is 1. The molecular weight excluding hydrogens is 210 g/mol. The first-order valence-electron chi connectivity index (χ1n) is 7.38. The fraction of sp³-hybridized carbons (Fsp3) is 1.00. The van der Waals surface area contributed by atoms with Crippen LogP contribution in [0.25, 0.3) is 0 Å². The van der Waals surface area contributed by atoms with Gasteiger partial charge in [0.1, 0.15) is 0 Å². The van der Waals surface area contributed by atoms with Gasteiger partial charge in [0.05, 0.1) is 0 Å². The Morgan fingerprint density at radius 3 is 2.76 bits per heavy atom. The van der Waals surface area contributed by atoms with Crippen LogP contribution in [0.2, 0.25) is 0 Å². The van der Waals surface area contributed by atoms with Crippen LogP contribution in [-0.4, -0.2) is 61.2 Å². The molecule has 2 aliphatic heterocycles. The molecule has 3 unspecified atom stereocenters. The van der Waals surface area contributed by atoms with E-state index in [2.05, 4.69) is 36.0 Å². The number of fused-ring (bicyclic) bond motifs is 2. The smallest absolute Gasteiger partial charge is 0.0223 e. The molecule has 2 bridgehead atoms. The lowest BCUT2D eigenvalue weighted by Gasteiger charge is -2.28. The zero-order chi connectivity index (χ0) is 12.3. The van der Waals surface area contributed by atoms with Gasteiger partial charge in [-0.2, -0.15) is 0 Å². The van der Waals surface area contributed by atoms with Crippen molar-refractivity contribution in [1.29, 1.82) is 0 Å². The summed E-state index contributed by atoms with van der Waals surface area (Å²) in [5.74, 6) is 0. The topological polar surface area (TPSA) is 18.5 Å². The lowest BCUT2D eigenvalue weighted by molar-refractivity contribution is 0.208. The Morgan fingerprint density at radius 1 is 1.24 bits per heavy atom. The molecule has 3 nitrogen and oxygen atoms in total. The summed E-state index contributed by atoms with van der Waals surface area (Å²) < 4.78 is 0. The molecule has 3 heteroatoms. The highest BCUT2D eigenvalue weighted by atomic mass is 15.3. The monoisotopic (exact) mass is 239 g/mol. The maximum absolute atomic E-state index is 3.60. The van der Waals surface area contributed by atoms with Crippen LogP contribution in [0.5, 0.6) is 0 Å². The van der Waals surface area contributed by atoms with Gasteiger partial charge in [-0.25, -0.2) is 0 Å². The molecule has 0 saturated carbocycles. The largest absolute Gasteiger partial charge is 0.313 e. The highest BCUT2D eigenvalue weighted by Gasteiger charge is 2.34. The normalized spacial score (nSPS) is 32.6. The maximum atomic E-state index is 3.60. The van der Waals surface area contributed by atoms with Crippen LogP contribution < -0.4 is 5.32 Å². The van der Waals surface area contributed by atoms with Gasteiger partial charge in [0, 0.05) is 31.2 Å². The number of nitrogens with one attached hydrogen (secondary N) is 1. The summed E-state index contributed by atoms with van der Waals surface area (Å²) >= 11 is 0. The number of likely N-dealkylation sites (N-methyl/N-ethyl adjacent to an activating group) is 1. The molecular formula is C14H29N3. The van der Waals surface area contributed by atoms with Crippen molar-refractivity contribution in [2.45, 2.75) is 57.7 Å². The van der Waals surface area contributed by atoms with Gasteiger partial charge in [-0.1, -0.05) is 6.92 Å². The summed E-state index contributed by atoms with van der Waals surface area (Å²) in [5.41, 5.74) is 0. The Bertz CT molecular complexity index is 232. The average Bonchev–Trinajstić information content (AvgIpc) is 2.55. The van der Waals surface area contributed by atoms with Gasteiger partial charge in [0.25, 0.3) is 0 Å². The second-order valence-corrected chi connectivity index (χ2v) is 5.95. The quantitative estimate of drug-likeness (QED) is 0.785. The van der Waals surface area contributed by atoms with E-state index in [1.165, 1.54) is 45.3 Å². The van der Waals surface area contributed by atoms with Crippen LogP contribution in [0.15, 0.2) is 0 Å². The summed E-state index contributed by atoms with van der Waals surface area (Å²) in [4.78, 5) is 5.30. The predicted molar refractivity (Wildman–Crippen MR) is 73.4 cm³/mol. The molecule has 0 radical (unpaired) electrons. The summed E-state index contributed by atoms with van der Waals surface area (Å²) in [6, 6.07) is 2.32. The van der Waals surface area contributed by atoms with E-state index in [1.807, 2.05) is 0 Å². The lowest BCUT2D eigenvalue weighted by atomic mass is 10.1. The SMILES string of the molecule is CCCNC(C)CN1CCC2CCC(C1)N2C. The molecule has 0 aromatic carbocycles. The second-order valence-electron chi connectivity index (χ2n) is 5.95. The van der Waals surface area contributed by atoms with E-state index >= 15 is 0 Å². The van der Waals surface area contributed by atoms with E-state index < -0.39 is 0 Å². The van der Waals surface area contributed by atoms with E-state index in [0.717, 1.165) is 18.6 Å². The molecule has 0 aromatic rings. The molecule has 3 atom stereocenters. The fourth-order valence-electron chi connectivity index (χ4n) is 3.39. The average molecular weight is 239 g/mol. The highest BCUT2D eigenvalue weighted by molar-refractivity contribution is 4.91. The molecule has 0 aliphatic carbocycles. The van der Waals surface area contributed by atoms with E-state index in [9.17, 15) is 0 Å². The van der Waals surface area contributed by atoms with Crippen LogP contribution in [0.3, 0.4) is 0 Å². The summed E-state index contributed by atoms with van der Waals surface area (Å²) in [5, 5.41) is 3.60. The fourth-order valence-corrected chi connectivity index (χ4v) is 3.39. The molecule has 2 aliphatic rings. The van der Waals surface area contributed by atoms with Crippen LogP contribution in [-0.2, 0) is 0 Å².